The minimum absolute atomic E-state index is 0.629. The van der Waals surface area contributed by atoms with Crippen LogP contribution in [0.2, 0.25) is 0 Å². The zero-order valence-corrected chi connectivity index (χ0v) is 10.4. The molecule has 0 spiro atoms. The molecule has 0 aromatic heterocycles. The van der Waals surface area contributed by atoms with Gasteiger partial charge < -0.3 is 5.11 Å². The molecule has 0 bridgehead atoms. The van der Waals surface area contributed by atoms with Crippen LogP contribution in [-0.2, 0) is 17.8 Å². The second-order valence-electron chi connectivity index (χ2n) is 4.87. The Balaban J connectivity index is 2.25. The molecule has 1 N–H and O–H groups in total. The fourth-order valence-electron chi connectivity index (χ4n) is 2.43. The van der Waals surface area contributed by atoms with Crippen molar-refractivity contribution in [2.24, 2.45) is 0 Å². The summed E-state index contributed by atoms with van der Waals surface area (Å²) < 4.78 is 0. The van der Waals surface area contributed by atoms with Crippen LogP contribution in [0.1, 0.15) is 31.4 Å². The summed E-state index contributed by atoms with van der Waals surface area (Å²) in [6.45, 7) is 5.33. The van der Waals surface area contributed by atoms with E-state index in [9.17, 15) is 9.90 Å². The molecule has 1 atom stereocenters. The molecule has 1 aromatic carbocycles. The van der Waals surface area contributed by atoms with Crippen molar-refractivity contribution < 1.29 is 9.90 Å². The Morgan fingerprint density at radius 2 is 2.06 bits per heavy atom. The van der Waals surface area contributed by atoms with Crippen LogP contribution in [0.4, 0.5) is 0 Å². The monoisotopic (exact) mass is 233 g/mol. The second-order valence-corrected chi connectivity index (χ2v) is 4.87. The van der Waals surface area contributed by atoms with Crippen molar-refractivity contribution in [1.29, 1.82) is 0 Å². The highest BCUT2D eigenvalue weighted by Crippen LogP contribution is 2.27. The number of carboxylic acids is 1. The molecular weight excluding hydrogens is 214 g/mol. The summed E-state index contributed by atoms with van der Waals surface area (Å²) >= 11 is 0. The van der Waals surface area contributed by atoms with Crippen LogP contribution in [0.25, 0.3) is 0 Å². The van der Waals surface area contributed by atoms with E-state index in [0.717, 1.165) is 19.5 Å². The van der Waals surface area contributed by atoms with Crippen molar-refractivity contribution in [2.75, 3.05) is 6.54 Å². The summed E-state index contributed by atoms with van der Waals surface area (Å²) in [5, 5.41) is 9.39. The predicted octanol–water partition coefficient (Wildman–Crippen LogP) is 2.30. The van der Waals surface area contributed by atoms with Crippen LogP contribution in [0.3, 0.4) is 0 Å². The number of hydrogen-bond acceptors (Lipinski definition) is 2. The number of rotatable bonds is 3. The van der Waals surface area contributed by atoms with Crippen molar-refractivity contribution in [3.05, 3.63) is 35.4 Å². The highest BCUT2D eigenvalue weighted by Gasteiger charge is 2.38. The molecule has 1 unspecified atom stereocenters. The van der Waals surface area contributed by atoms with Gasteiger partial charge in [0.25, 0.3) is 0 Å². The third-order valence-electron chi connectivity index (χ3n) is 3.98. The van der Waals surface area contributed by atoms with E-state index in [1.807, 2.05) is 26.0 Å². The van der Waals surface area contributed by atoms with Crippen molar-refractivity contribution in [3.8, 4) is 0 Å². The van der Waals surface area contributed by atoms with Gasteiger partial charge in [-0.3, -0.25) is 9.69 Å². The summed E-state index contributed by atoms with van der Waals surface area (Å²) in [5.41, 5.74) is 1.88. The summed E-state index contributed by atoms with van der Waals surface area (Å²) in [4.78, 5) is 13.5. The van der Waals surface area contributed by atoms with Gasteiger partial charge in [-0.05, 0) is 30.9 Å². The van der Waals surface area contributed by atoms with E-state index in [-0.39, 0.29) is 0 Å². The summed E-state index contributed by atoms with van der Waals surface area (Å²) in [6, 6.07) is 8.30. The first kappa shape index (κ1) is 12.1. The van der Waals surface area contributed by atoms with Crippen LogP contribution >= 0.6 is 0 Å². The van der Waals surface area contributed by atoms with Gasteiger partial charge in [-0.1, -0.05) is 31.2 Å². The van der Waals surface area contributed by atoms with Gasteiger partial charge >= 0.3 is 5.97 Å². The Bertz CT molecular complexity index is 430. The Kier molecular flexibility index (Phi) is 3.20. The average molecular weight is 233 g/mol. The number of hydrogen-bond donors (Lipinski definition) is 1. The molecule has 3 nitrogen and oxygen atoms in total. The zero-order chi connectivity index (χ0) is 12.5. The van der Waals surface area contributed by atoms with Gasteiger partial charge in [-0.15, -0.1) is 0 Å². The van der Waals surface area contributed by atoms with Crippen LogP contribution in [-0.4, -0.2) is 28.1 Å². The number of carboxylic acid groups (broad SMARTS) is 1. The first-order valence-corrected chi connectivity index (χ1v) is 6.13. The topological polar surface area (TPSA) is 40.5 Å². The number of fused-ring (bicyclic) bond motifs is 1. The maximum Gasteiger partial charge on any atom is 0.323 e. The number of aliphatic carboxylic acids is 1. The van der Waals surface area contributed by atoms with E-state index in [0.29, 0.717) is 6.42 Å². The summed E-state index contributed by atoms with van der Waals surface area (Å²) in [6.07, 6.45) is 1.57. The maximum atomic E-state index is 11.4. The van der Waals surface area contributed by atoms with E-state index in [4.69, 9.17) is 0 Å². The lowest BCUT2D eigenvalue weighted by atomic mass is 9.91. The van der Waals surface area contributed by atoms with Crippen molar-refractivity contribution >= 4 is 5.97 Å². The quantitative estimate of drug-likeness (QED) is 0.871. The van der Waals surface area contributed by atoms with E-state index >= 15 is 0 Å². The Morgan fingerprint density at radius 3 is 2.65 bits per heavy atom. The molecule has 92 valence electrons. The van der Waals surface area contributed by atoms with Gasteiger partial charge in [-0.2, -0.15) is 0 Å². The molecule has 17 heavy (non-hydrogen) atoms. The van der Waals surface area contributed by atoms with Gasteiger partial charge in [0.1, 0.15) is 5.54 Å². The molecule has 0 fully saturated rings. The van der Waals surface area contributed by atoms with Crippen molar-refractivity contribution in [3.63, 3.8) is 0 Å². The molecule has 1 aliphatic rings. The highest BCUT2D eigenvalue weighted by molar-refractivity contribution is 5.78. The largest absolute Gasteiger partial charge is 0.480 e. The van der Waals surface area contributed by atoms with Crippen molar-refractivity contribution in [1.82, 2.24) is 4.90 Å². The van der Waals surface area contributed by atoms with Crippen LogP contribution in [0.15, 0.2) is 24.3 Å². The third-order valence-corrected chi connectivity index (χ3v) is 3.98. The van der Waals surface area contributed by atoms with E-state index in [2.05, 4.69) is 17.0 Å². The zero-order valence-electron chi connectivity index (χ0n) is 10.4. The molecular formula is C14H19NO2. The minimum atomic E-state index is -0.743. The normalized spacial score (nSPS) is 19.4. The lowest BCUT2D eigenvalue weighted by molar-refractivity contribution is -0.151. The molecule has 2 rings (SSSR count). The van der Waals surface area contributed by atoms with Gasteiger partial charge in [-0.25, -0.2) is 0 Å². The fourth-order valence-corrected chi connectivity index (χ4v) is 2.43. The summed E-state index contributed by atoms with van der Waals surface area (Å²) in [5.74, 6) is -0.723. The minimum Gasteiger partial charge on any atom is -0.480 e. The van der Waals surface area contributed by atoms with E-state index < -0.39 is 11.5 Å². The molecule has 3 heteroatoms. The number of carbonyl (C=O) groups is 1. The number of nitrogens with zero attached hydrogens (tertiary/aromatic N) is 1. The first-order chi connectivity index (χ1) is 8.08. The molecule has 0 amide bonds. The average Bonchev–Trinajstić information content (AvgIpc) is 2.37. The third kappa shape index (κ3) is 2.07. The molecule has 1 aromatic rings. The van der Waals surface area contributed by atoms with Gasteiger partial charge in [0.15, 0.2) is 0 Å². The standard InChI is InChI=1S/C14H19NO2/c1-3-14(2,13(16)17)15-9-8-11-6-4-5-7-12(11)10-15/h4-7H,3,8-10H2,1-2H3,(H,16,17). The molecule has 1 aliphatic heterocycles. The maximum absolute atomic E-state index is 11.4. The smallest absolute Gasteiger partial charge is 0.323 e. The second kappa shape index (κ2) is 4.49. The van der Waals surface area contributed by atoms with Crippen LogP contribution in [0.5, 0.6) is 0 Å². The predicted molar refractivity (Wildman–Crippen MR) is 66.9 cm³/mol. The molecule has 1 heterocycles. The van der Waals surface area contributed by atoms with Gasteiger partial charge in [0.05, 0.1) is 0 Å². The summed E-state index contributed by atoms with van der Waals surface area (Å²) in [7, 11) is 0. The van der Waals surface area contributed by atoms with Gasteiger partial charge in [0, 0.05) is 13.1 Å². The molecule has 0 radical (unpaired) electrons. The van der Waals surface area contributed by atoms with Crippen molar-refractivity contribution in [2.45, 2.75) is 38.8 Å². The van der Waals surface area contributed by atoms with Crippen LogP contribution in [0, 0.1) is 0 Å². The van der Waals surface area contributed by atoms with E-state index in [1.165, 1.54) is 11.1 Å². The highest BCUT2D eigenvalue weighted by atomic mass is 16.4. The van der Waals surface area contributed by atoms with E-state index in [1.54, 1.807) is 0 Å². The first-order valence-electron chi connectivity index (χ1n) is 6.13. The van der Waals surface area contributed by atoms with Crippen LogP contribution < -0.4 is 0 Å². The Morgan fingerprint density at radius 1 is 1.41 bits per heavy atom. The lowest BCUT2D eigenvalue weighted by Gasteiger charge is -2.40. The number of benzene rings is 1. The fraction of sp³-hybridized carbons (Fsp3) is 0.500. The Labute approximate surface area is 102 Å². The Hall–Kier alpha value is -1.35. The SMILES string of the molecule is CCC(C)(C(=O)O)N1CCc2ccccc2C1. The molecule has 0 saturated carbocycles. The van der Waals surface area contributed by atoms with Gasteiger partial charge in [0.2, 0.25) is 0 Å². The molecule has 0 saturated heterocycles. The molecule has 0 aliphatic carbocycles. The lowest BCUT2D eigenvalue weighted by Crippen LogP contribution is -2.53.